The van der Waals surface area contributed by atoms with Gasteiger partial charge in [-0.2, -0.15) is 13.2 Å². The van der Waals surface area contributed by atoms with Gasteiger partial charge in [0.05, 0.1) is 27.7 Å². The van der Waals surface area contributed by atoms with Crippen molar-refractivity contribution in [3.05, 3.63) is 119 Å². The molecule has 0 aromatic heterocycles. The summed E-state index contributed by atoms with van der Waals surface area (Å²) >= 11 is 6.12. The van der Waals surface area contributed by atoms with Gasteiger partial charge in [-0.1, -0.05) is 54.1 Å². The van der Waals surface area contributed by atoms with E-state index < -0.39 is 17.8 Å². The fraction of sp³-hybridized carbons (Fsp3) is 0.107. The zero-order valence-corrected chi connectivity index (χ0v) is 21.0. The lowest BCUT2D eigenvalue weighted by Crippen LogP contribution is -2.21. The molecule has 3 aromatic rings. The second kappa shape index (κ2) is 12.7. The number of allylic oxidation sites excluding steroid dienone is 2. The average Bonchev–Trinajstić information content (AvgIpc) is 2.89. The lowest BCUT2D eigenvalue weighted by Gasteiger charge is -2.10. The Kier molecular flexibility index (Phi) is 9.45. The smallest absolute Gasteiger partial charge is 0.430 e. The summed E-state index contributed by atoms with van der Waals surface area (Å²) in [6, 6.07) is 21.3. The fourth-order valence-corrected chi connectivity index (χ4v) is 3.30. The van der Waals surface area contributed by atoms with Crippen molar-refractivity contribution in [3.63, 3.8) is 0 Å². The van der Waals surface area contributed by atoms with Crippen LogP contribution in [0, 0.1) is 0 Å². The van der Waals surface area contributed by atoms with Crippen molar-refractivity contribution in [2.24, 2.45) is 21.5 Å². The summed E-state index contributed by atoms with van der Waals surface area (Å²) in [6.07, 6.45) is -2.72. The van der Waals surface area contributed by atoms with Crippen LogP contribution >= 0.6 is 11.6 Å². The summed E-state index contributed by atoms with van der Waals surface area (Å²) in [4.78, 5) is 21.3. The Morgan fingerprint density at radius 3 is 2.16 bits per heavy atom. The highest BCUT2D eigenvalue weighted by molar-refractivity contribution is 6.33. The number of alkyl halides is 3. The van der Waals surface area contributed by atoms with Gasteiger partial charge in [-0.3, -0.25) is 4.99 Å². The molecule has 0 unspecified atom stereocenters. The van der Waals surface area contributed by atoms with Crippen LogP contribution in [0.2, 0.25) is 5.02 Å². The molecule has 6 nitrogen and oxygen atoms in total. The van der Waals surface area contributed by atoms with Gasteiger partial charge in [0.25, 0.3) is 0 Å². The van der Waals surface area contributed by atoms with Crippen LogP contribution in [0.1, 0.15) is 22.8 Å². The number of nitrogens with two attached hydrogens (primary N) is 2. The van der Waals surface area contributed by atoms with E-state index in [0.29, 0.717) is 17.4 Å². The molecule has 0 spiro atoms. The van der Waals surface area contributed by atoms with Crippen LogP contribution in [0.25, 0.3) is 0 Å². The van der Waals surface area contributed by atoms with Gasteiger partial charge in [0.15, 0.2) is 0 Å². The standard InChI is InChI=1S/C28H24ClF3N4O2/c1-18(35-22-7-3-2-4-8-22)21(16-33)17-38-27(37)20-13-11-19(12-14-20)25(15-26(34)28(30,31)32)36-24-10-6-5-9-23(24)29/h2-16H,17,33-34H2,1H3/b21-16-,26-15-,35-18?,36-25?. The van der Waals surface area contributed by atoms with E-state index in [0.717, 1.165) is 5.69 Å². The predicted molar refractivity (Wildman–Crippen MR) is 144 cm³/mol. The zero-order valence-electron chi connectivity index (χ0n) is 20.2. The van der Waals surface area contributed by atoms with Crippen LogP contribution in [-0.4, -0.2) is 30.2 Å². The number of rotatable bonds is 8. The maximum atomic E-state index is 13.1. The highest BCUT2D eigenvalue weighted by Crippen LogP contribution is 2.27. The van der Waals surface area contributed by atoms with Crippen molar-refractivity contribution in [2.45, 2.75) is 13.1 Å². The third-order valence-electron chi connectivity index (χ3n) is 5.21. The van der Waals surface area contributed by atoms with Crippen molar-refractivity contribution in [3.8, 4) is 0 Å². The third-order valence-corrected chi connectivity index (χ3v) is 5.53. The molecule has 0 bridgehead atoms. The molecular formula is C28H24ClF3N4O2. The Hall–Kier alpha value is -4.37. The van der Waals surface area contributed by atoms with Gasteiger partial charge < -0.3 is 16.2 Å². The zero-order chi connectivity index (χ0) is 27.7. The number of esters is 1. The van der Waals surface area contributed by atoms with E-state index >= 15 is 0 Å². The van der Waals surface area contributed by atoms with Crippen LogP contribution in [0.3, 0.4) is 0 Å². The number of hydrogen-bond donors (Lipinski definition) is 2. The van der Waals surface area contributed by atoms with Crippen molar-refractivity contribution >= 4 is 40.4 Å². The van der Waals surface area contributed by atoms with Crippen LogP contribution in [0.4, 0.5) is 24.5 Å². The highest BCUT2D eigenvalue weighted by Gasteiger charge is 2.31. The molecule has 3 aromatic carbocycles. The molecule has 38 heavy (non-hydrogen) atoms. The van der Waals surface area contributed by atoms with Gasteiger partial charge in [-0.15, -0.1) is 0 Å². The Labute approximate surface area is 222 Å². The molecule has 0 heterocycles. The van der Waals surface area contributed by atoms with E-state index in [9.17, 15) is 18.0 Å². The molecule has 0 radical (unpaired) electrons. The number of aliphatic imine (C=N–C) groups is 2. The minimum atomic E-state index is -4.75. The minimum absolute atomic E-state index is 0.0889. The maximum absolute atomic E-state index is 13.1. The number of benzene rings is 3. The largest absolute Gasteiger partial charge is 0.457 e. The van der Waals surface area contributed by atoms with E-state index in [-0.39, 0.29) is 34.2 Å². The lowest BCUT2D eigenvalue weighted by atomic mass is 10.1. The minimum Gasteiger partial charge on any atom is -0.457 e. The summed E-state index contributed by atoms with van der Waals surface area (Å²) in [6.45, 7) is 1.62. The molecule has 0 fully saturated rings. The summed E-state index contributed by atoms with van der Waals surface area (Å²) in [5.74, 6) is -0.654. The van der Waals surface area contributed by atoms with Crippen LogP contribution in [-0.2, 0) is 4.74 Å². The molecule has 196 valence electrons. The fourth-order valence-electron chi connectivity index (χ4n) is 3.13. The second-order valence-corrected chi connectivity index (χ2v) is 8.33. The number of halogens is 4. The van der Waals surface area contributed by atoms with Gasteiger partial charge in [-0.05, 0) is 49.4 Å². The van der Waals surface area contributed by atoms with E-state index in [1.54, 1.807) is 31.2 Å². The monoisotopic (exact) mass is 540 g/mol. The molecule has 0 amide bonds. The van der Waals surface area contributed by atoms with Gasteiger partial charge in [0.2, 0.25) is 0 Å². The number of nitrogens with zero attached hydrogens (tertiary/aromatic N) is 2. The number of hydrogen-bond acceptors (Lipinski definition) is 6. The van der Waals surface area contributed by atoms with Crippen molar-refractivity contribution < 1.29 is 22.7 Å². The molecule has 10 heteroatoms. The van der Waals surface area contributed by atoms with Gasteiger partial charge in [0.1, 0.15) is 12.3 Å². The van der Waals surface area contributed by atoms with Crippen LogP contribution in [0.15, 0.2) is 112 Å². The van der Waals surface area contributed by atoms with E-state index in [1.165, 1.54) is 30.5 Å². The first-order valence-electron chi connectivity index (χ1n) is 11.2. The SMILES string of the molecule is CC(=Nc1ccccc1)/C(=C\N)COC(=O)c1ccc(C(/C=C(\N)C(F)(F)F)=Nc2ccccc2Cl)cc1. The maximum Gasteiger partial charge on any atom is 0.430 e. The second-order valence-electron chi connectivity index (χ2n) is 7.92. The molecule has 0 aliphatic carbocycles. The topological polar surface area (TPSA) is 103 Å². The van der Waals surface area contributed by atoms with Gasteiger partial charge >= 0.3 is 12.1 Å². The Morgan fingerprint density at radius 2 is 1.55 bits per heavy atom. The number of carbonyl (C=O) groups excluding carboxylic acids is 1. The molecule has 0 atom stereocenters. The highest BCUT2D eigenvalue weighted by atomic mass is 35.5. The van der Waals surface area contributed by atoms with Crippen molar-refractivity contribution in [2.75, 3.05) is 6.61 Å². The number of para-hydroxylation sites is 2. The first kappa shape index (κ1) is 28.2. The Balaban J connectivity index is 1.80. The Morgan fingerprint density at radius 1 is 0.947 bits per heavy atom. The first-order valence-corrected chi connectivity index (χ1v) is 11.6. The van der Waals surface area contributed by atoms with E-state index in [1.807, 2.05) is 30.3 Å². The molecular weight excluding hydrogens is 517 g/mol. The summed E-state index contributed by atoms with van der Waals surface area (Å²) in [5.41, 5.74) is 12.0. The van der Waals surface area contributed by atoms with E-state index in [2.05, 4.69) is 9.98 Å². The number of carbonyl (C=O) groups is 1. The molecule has 0 aliphatic rings. The van der Waals surface area contributed by atoms with Gasteiger partial charge in [-0.25, -0.2) is 9.79 Å². The molecule has 0 aliphatic heterocycles. The summed E-state index contributed by atoms with van der Waals surface area (Å²) in [7, 11) is 0. The Bertz CT molecular complexity index is 1400. The number of ether oxygens (including phenoxy) is 1. The third kappa shape index (κ3) is 7.81. The molecule has 4 N–H and O–H groups in total. The molecule has 3 rings (SSSR count). The van der Waals surface area contributed by atoms with Gasteiger partial charge in [0, 0.05) is 23.0 Å². The molecule has 0 saturated heterocycles. The van der Waals surface area contributed by atoms with Crippen molar-refractivity contribution in [1.82, 2.24) is 0 Å². The van der Waals surface area contributed by atoms with Crippen molar-refractivity contribution in [1.29, 1.82) is 0 Å². The predicted octanol–water partition coefficient (Wildman–Crippen LogP) is 6.66. The van der Waals surface area contributed by atoms with Crippen LogP contribution < -0.4 is 11.5 Å². The van der Waals surface area contributed by atoms with E-state index in [4.69, 9.17) is 27.8 Å². The quantitative estimate of drug-likeness (QED) is 0.246. The summed E-state index contributed by atoms with van der Waals surface area (Å²) in [5, 5.41) is 0.249. The first-order chi connectivity index (χ1) is 18.1. The summed E-state index contributed by atoms with van der Waals surface area (Å²) < 4.78 is 44.7. The lowest BCUT2D eigenvalue weighted by molar-refractivity contribution is -0.0925. The normalized spacial score (nSPS) is 13.4. The average molecular weight is 541 g/mol. The molecule has 0 saturated carbocycles. The van der Waals surface area contributed by atoms with Crippen LogP contribution in [0.5, 0.6) is 0 Å².